The van der Waals surface area contributed by atoms with Gasteiger partial charge in [0.25, 0.3) is 0 Å². The quantitative estimate of drug-likeness (QED) is 0.921. The Morgan fingerprint density at radius 2 is 2.11 bits per heavy atom. The number of pyridine rings is 2. The average Bonchev–Trinajstić information content (AvgIpc) is 2.38. The van der Waals surface area contributed by atoms with Gasteiger partial charge in [0.1, 0.15) is 12.4 Å². The Morgan fingerprint density at radius 1 is 1.22 bits per heavy atom. The third-order valence-electron chi connectivity index (χ3n) is 2.37. The SMILES string of the molecule is NCCc1ccc(OCc2cncc(Br)c2)cn1. The summed E-state index contributed by atoms with van der Waals surface area (Å²) >= 11 is 3.37. The highest BCUT2D eigenvalue weighted by molar-refractivity contribution is 9.10. The normalized spacial score (nSPS) is 10.3. The molecule has 2 heterocycles. The van der Waals surface area contributed by atoms with Crippen molar-refractivity contribution in [2.24, 2.45) is 5.73 Å². The van der Waals surface area contributed by atoms with Crippen LogP contribution >= 0.6 is 15.9 Å². The van der Waals surface area contributed by atoms with Gasteiger partial charge in [-0.05, 0) is 40.7 Å². The summed E-state index contributed by atoms with van der Waals surface area (Å²) in [5, 5.41) is 0. The van der Waals surface area contributed by atoms with Crippen LogP contribution in [0.2, 0.25) is 0 Å². The molecule has 0 bridgehead atoms. The van der Waals surface area contributed by atoms with Gasteiger partial charge in [-0.1, -0.05) is 0 Å². The molecule has 5 heteroatoms. The lowest BCUT2D eigenvalue weighted by Gasteiger charge is -2.06. The summed E-state index contributed by atoms with van der Waals surface area (Å²) in [7, 11) is 0. The smallest absolute Gasteiger partial charge is 0.138 e. The lowest BCUT2D eigenvalue weighted by molar-refractivity contribution is 0.304. The van der Waals surface area contributed by atoms with Crippen LogP contribution in [0.3, 0.4) is 0 Å². The molecule has 94 valence electrons. The molecule has 2 N–H and O–H groups in total. The Morgan fingerprint density at radius 3 is 2.78 bits per heavy atom. The van der Waals surface area contributed by atoms with E-state index in [0.29, 0.717) is 13.2 Å². The number of hydrogen-bond acceptors (Lipinski definition) is 4. The van der Waals surface area contributed by atoms with E-state index in [1.807, 2.05) is 18.2 Å². The average molecular weight is 308 g/mol. The maximum atomic E-state index is 5.63. The molecule has 0 aliphatic heterocycles. The highest BCUT2D eigenvalue weighted by atomic mass is 79.9. The number of halogens is 1. The van der Waals surface area contributed by atoms with Crippen molar-refractivity contribution in [3.63, 3.8) is 0 Å². The first-order valence-electron chi connectivity index (χ1n) is 5.65. The first kappa shape index (κ1) is 13.0. The molecule has 2 aromatic heterocycles. The van der Waals surface area contributed by atoms with E-state index in [4.69, 9.17) is 10.5 Å². The van der Waals surface area contributed by atoms with Gasteiger partial charge in [-0.15, -0.1) is 0 Å². The molecule has 0 spiro atoms. The summed E-state index contributed by atoms with van der Waals surface area (Å²) in [5.74, 6) is 0.746. The van der Waals surface area contributed by atoms with Crippen molar-refractivity contribution < 1.29 is 4.74 Å². The van der Waals surface area contributed by atoms with E-state index in [1.54, 1.807) is 18.6 Å². The maximum Gasteiger partial charge on any atom is 0.138 e. The summed E-state index contributed by atoms with van der Waals surface area (Å²) < 4.78 is 6.57. The minimum absolute atomic E-state index is 0.477. The second-order valence-electron chi connectivity index (χ2n) is 3.82. The van der Waals surface area contributed by atoms with Crippen LogP contribution < -0.4 is 10.5 Å². The molecular formula is C13H14BrN3O. The molecular weight excluding hydrogens is 294 g/mol. The van der Waals surface area contributed by atoms with Gasteiger partial charge in [-0.2, -0.15) is 0 Å². The number of aromatic nitrogens is 2. The predicted octanol–water partition coefficient (Wildman–Crippen LogP) is 2.32. The second-order valence-corrected chi connectivity index (χ2v) is 4.74. The van der Waals surface area contributed by atoms with Crippen molar-refractivity contribution in [3.05, 3.63) is 52.5 Å². The first-order chi connectivity index (χ1) is 8.78. The minimum atomic E-state index is 0.477. The molecule has 0 radical (unpaired) electrons. The molecule has 4 nitrogen and oxygen atoms in total. The number of rotatable bonds is 5. The van der Waals surface area contributed by atoms with Crippen molar-refractivity contribution in [3.8, 4) is 5.75 Å². The summed E-state index contributed by atoms with van der Waals surface area (Å²) in [6, 6.07) is 5.81. The molecule has 0 aliphatic rings. The third kappa shape index (κ3) is 3.78. The Balaban J connectivity index is 1.93. The van der Waals surface area contributed by atoms with Crippen molar-refractivity contribution >= 4 is 15.9 Å². The van der Waals surface area contributed by atoms with Crippen LogP contribution in [-0.2, 0) is 13.0 Å². The van der Waals surface area contributed by atoms with Gasteiger partial charge in [0.05, 0.1) is 6.20 Å². The number of nitrogens with two attached hydrogens (primary N) is 1. The number of hydrogen-bond donors (Lipinski definition) is 1. The van der Waals surface area contributed by atoms with Gasteiger partial charge in [0.15, 0.2) is 0 Å². The molecule has 2 rings (SSSR count). The maximum absolute atomic E-state index is 5.63. The second kappa shape index (κ2) is 6.47. The summed E-state index contributed by atoms with van der Waals surface area (Å²) in [4.78, 5) is 8.35. The Labute approximate surface area is 114 Å². The molecule has 18 heavy (non-hydrogen) atoms. The monoisotopic (exact) mass is 307 g/mol. The van der Waals surface area contributed by atoms with Crippen molar-refractivity contribution in [1.82, 2.24) is 9.97 Å². The van der Waals surface area contributed by atoms with E-state index in [1.165, 1.54) is 0 Å². The zero-order chi connectivity index (χ0) is 12.8. The van der Waals surface area contributed by atoms with Gasteiger partial charge in [-0.3, -0.25) is 9.97 Å². The molecule has 0 aromatic carbocycles. The number of ether oxygens (including phenoxy) is 1. The number of nitrogens with zero attached hydrogens (tertiary/aromatic N) is 2. The van der Waals surface area contributed by atoms with Crippen LogP contribution in [0.25, 0.3) is 0 Å². The van der Waals surface area contributed by atoms with E-state index in [2.05, 4.69) is 25.9 Å². The van der Waals surface area contributed by atoms with Crippen LogP contribution in [0.15, 0.2) is 41.3 Å². The highest BCUT2D eigenvalue weighted by Crippen LogP contribution is 2.14. The molecule has 0 atom stereocenters. The fourth-order valence-corrected chi connectivity index (χ4v) is 1.91. The van der Waals surface area contributed by atoms with Crippen molar-refractivity contribution in [2.45, 2.75) is 13.0 Å². The van der Waals surface area contributed by atoms with Gasteiger partial charge >= 0.3 is 0 Å². The topological polar surface area (TPSA) is 61.0 Å². The lowest BCUT2D eigenvalue weighted by atomic mass is 10.2. The van der Waals surface area contributed by atoms with E-state index >= 15 is 0 Å². The van der Waals surface area contributed by atoms with Gasteiger partial charge < -0.3 is 10.5 Å². The van der Waals surface area contributed by atoms with Crippen LogP contribution in [0.4, 0.5) is 0 Å². The van der Waals surface area contributed by atoms with Gasteiger partial charge in [0.2, 0.25) is 0 Å². The van der Waals surface area contributed by atoms with Crippen LogP contribution in [0.1, 0.15) is 11.3 Å². The molecule has 0 amide bonds. The lowest BCUT2D eigenvalue weighted by Crippen LogP contribution is -2.04. The third-order valence-corrected chi connectivity index (χ3v) is 2.80. The molecule has 0 unspecified atom stereocenters. The predicted molar refractivity (Wildman–Crippen MR) is 73.3 cm³/mol. The fourth-order valence-electron chi connectivity index (χ4n) is 1.49. The van der Waals surface area contributed by atoms with Crippen LogP contribution in [0.5, 0.6) is 5.75 Å². The Hall–Kier alpha value is -1.46. The largest absolute Gasteiger partial charge is 0.487 e. The zero-order valence-corrected chi connectivity index (χ0v) is 11.4. The van der Waals surface area contributed by atoms with E-state index in [9.17, 15) is 0 Å². The fraction of sp³-hybridized carbons (Fsp3) is 0.231. The highest BCUT2D eigenvalue weighted by Gasteiger charge is 1.99. The molecule has 2 aromatic rings. The van der Waals surface area contributed by atoms with E-state index in [-0.39, 0.29) is 0 Å². The molecule has 0 saturated heterocycles. The molecule has 0 aliphatic carbocycles. The first-order valence-corrected chi connectivity index (χ1v) is 6.44. The van der Waals surface area contributed by atoms with Gasteiger partial charge in [0, 0.05) is 34.5 Å². The summed E-state index contributed by atoms with van der Waals surface area (Å²) in [5.41, 5.74) is 7.45. The summed E-state index contributed by atoms with van der Waals surface area (Å²) in [6.07, 6.45) is 6.03. The van der Waals surface area contributed by atoms with E-state index in [0.717, 1.165) is 27.9 Å². The summed E-state index contributed by atoms with van der Waals surface area (Å²) in [6.45, 7) is 1.08. The minimum Gasteiger partial charge on any atom is -0.487 e. The van der Waals surface area contributed by atoms with Crippen molar-refractivity contribution in [2.75, 3.05) is 6.54 Å². The molecule has 0 saturated carbocycles. The van der Waals surface area contributed by atoms with Crippen LogP contribution in [0, 0.1) is 0 Å². The Kier molecular flexibility index (Phi) is 4.66. The molecule has 0 fully saturated rings. The van der Waals surface area contributed by atoms with Gasteiger partial charge in [-0.25, -0.2) is 0 Å². The van der Waals surface area contributed by atoms with Crippen LogP contribution in [-0.4, -0.2) is 16.5 Å². The zero-order valence-electron chi connectivity index (χ0n) is 9.84. The Bertz CT molecular complexity index is 502. The van der Waals surface area contributed by atoms with Crippen molar-refractivity contribution in [1.29, 1.82) is 0 Å². The standard InChI is InChI=1S/C13H14BrN3O/c14-11-5-10(6-16-7-11)9-18-13-2-1-12(3-4-15)17-8-13/h1-2,5-8H,3-4,9,15H2. The van der Waals surface area contributed by atoms with E-state index < -0.39 is 0 Å².